The Hall–Kier alpha value is -3.75. The van der Waals surface area contributed by atoms with E-state index in [2.05, 4.69) is 25.8 Å². The van der Waals surface area contributed by atoms with Crippen LogP contribution in [-0.4, -0.2) is 58.7 Å². The number of halogens is 5. The average Bonchev–Trinajstić information content (AvgIpc) is 3.63. The van der Waals surface area contributed by atoms with Crippen molar-refractivity contribution in [2.24, 2.45) is 5.92 Å². The Balaban J connectivity index is 1.10. The van der Waals surface area contributed by atoms with Gasteiger partial charge in [-0.25, -0.2) is 14.2 Å². The minimum atomic E-state index is -4.22. The van der Waals surface area contributed by atoms with Crippen LogP contribution in [0.1, 0.15) is 35.8 Å². The highest BCUT2D eigenvalue weighted by molar-refractivity contribution is 6.31. The predicted molar refractivity (Wildman–Crippen MR) is 144 cm³/mol. The van der Waals surface area contributed by atoms with Crippen LogP contribution in [0.5, 0.6) is 0 Å². The van der Waals surface area contributed by atoms with E-state index in [1.807, 2.05) is 0 Å². The molecule has 2 aromatic heterocycles. The van der Waals surface area contributed by atoms with Crippen LogP contribution in [-0.2, 0) is 16.9 Å². The standard InChI is InChI=1S/C27H26ClF4N7O3/c28-18-2-3-19-22(23(18)29)26(42-25(41)36-19)6-8-39(14-26)21-9-16(12-35-37-21)24(40)34-11-15-1-4-20(33-10-15)38-7-5-17(13-38)27(30,31)32/h1-4,9-10,12,17,24,34,40H,5-8,11,13-14H2,(H,36,41)/t17?,24?,26-/m1/s1. The highest BCUT2D eigenvalue weighted by Crippen LogP contribution is 2.46. The molecule has 6 rings (SSSR count). The predicted octanol–water partition coefficient (Wildman–Crippen LogP) is 4.50. The Morgan fingerprint density at radius 1 is 1.19 bits per heavy atom. The van der Waals surface area contributed by atoms with Crippen molar-refractivity contribution in [1.29, 1.82) is 0 Å². The summed E-state index contributed by atoms with van der Waals surface area (Å²) in [6.07, 6.45) is -2.76. The number of aliphatic hydroxyl groups excluding tert-OH is 1. The number of carbonyl (C=O) groups is 1. The van der Waals surface area contributed by atoms with Gasteiger partial charge in [0.1, 0.15) is 12.0 Å². The minimum Gasteiger partial charge on any atom is -0.436 e. The molecule has 3 atom stereocenters. The molecule has 1 spiro atoms. The molecule has 1 aromatic carbocycles. The molecule has 0 aliphatic carbocycles. The molecule has 222 valence electrons. The molecule has 3 N–H and O–H groups in total. The fraction of sp³-hybridized carbons (Fsp3) is 0.407. The van der Waals surface area contributed by atoms with Crippen LogP contribution < -0.4 is 20.4 Å². The lowest BCUT2D eigenvalue weighted by atomic mass is 9.89. The van der Waals surface area contributed by atoms with Crippen molar-refractivity contribution in [3.8, 4) is 0 Å². The zero-order valence-electron chi connectivity index (χ0n) is 22.0. The Bertz CT molecular complexity index is 1500. The summed E-state index contributed by atoms with van der Waals surface area (Å²) in [5, 5.41) is 24.3. The SMILES string of the molecule is O=C1Nc2ccc(Cl)c(F)c2[C@]2(CCN(c3cc(C(O)NCc4ccc(N5CCC(C(F)(F)F)C5)nc4)cnn3)C2)O1. The third-order valence-electron chi connectivity index (χ3n) is 7.89. The van der Waals surface area contributed by atoms with Gasteiger partial charge in [0.05, 0.1) is 34.9 Å². The first kappa shape index (κ1) is 28.4. The summed E-state index contributed by atoms with van der Waals surface area (Å²) in [6.45, 7) is 0.877. The summed E-state index contributed by atoms with van der Waals surface area (Å²) in [4.78, 5) is 20.0. The summed E-state index contributed by atoms with van der Waals surface area (Å²) in [5.41, 5.74) is 0.330. The van der Waals surface area contributed by atoms with Crippen LogP contribution in [0.3, 0.4) is 0 Å². The molecule has 2 unspecified atom stereocenters. The molecule has 3 aliphatic rings. The van der Waals surface area contributed by atoms with Crippen LogP contribution in [0.15, 0.2) is 42.7 Å². The van der Waals surface area contributed by atoms with Crippen LogP contribution >= 0.6 is 11.6 Å². The van der Waals surface area contributed by atoms with Gasteiger partial charge in [0.25, 0.3) is 0 Å². The van der Waals surface area contributed by atoms with Crippen molar-refractivity contribution >= 4 is 35.0 Å². The molecule has 5 heterocycles. The van der Waals surface area contributed by atoms with Crippen molar-refractivity contribution in [2.45, 2.75) is 37.4 Å². The van der Waals surface area contributed by atoms with E-state index < -0.39 is 35.8 Å². The molecule has 1 amide bonds. The largest absolute Gasteiger partial charge is 0.436 e. The third-order valence-corrected chi connectivity index (χ3v) is 8.19. The van der Waals surface area contributed by atoms with Crippen LogP contribution in [0.2, 0.25) is 5.02 Å². The molecule has 10 nitrogen and oxygen atoms in total. The van der Waals surface area contributed by atoms with E-state index in [0.29, 0.717) is 29.4 Å². The quantitative estimate of drug-likeness (QED) is 0.275. The number of aromatic nitrogens is 3. The number of fused-ring (bicyclic) bond motifs is 2. The maximum atomic E-state index is 15.1. The number of nitrogens with zero attached hydrogens (tertiary/aromatic N) is 5. The first-order valence-electron chi connectivity index (χ1n) is 13.3. The molecule has 0 saturated carbocycles. The topological polar surface area (TPSA) is 116 Å². The van der Waals surface area contributed by atoms with Crippen LogP contribution in [0, 0.1) is 11.7 Å². The normalized spacial score (nSPS) is 22.7. The molecule has 3 aliphatic heterocycles. The highest BCUT2D eigenvalue weighted by atomic mass is 35.5. The number of alkyl halides is 3. The van der Waals surface area contributed by atoms with Gasteiger partial charge in [-0.05, 0) is 36.2 Å². The maximum absolute atomic E-state index is 15.1. The third kappa shape index (κ3) is 5.41. The second-order valence-corrected chi connectivity index (χ2v) is 11.0. The number of aliphatic hydroxyl groups is 1. The van der Waals surface area contributed by atoms with Crippen molar-refractivity contribution in [3.05, 3.63) is 70.3 Å². The van der Waals surface area contributed by atoms with Gasteiger partial charge in [0, 0.05) is 44.4 Å². The lowest BCUT2D eigenvalue weighted by Crippen LogP contribution is -2.42. The smallest absolute Gasteiger partial charge is 0.412 e. The summed E-state index contributed by atoms with van der Waals surface area (Å²) in [7, 11) is 0. The number of anilines is 3. The van der Waals surface area contributed by atoms with Crippen molar-refractivity contribution in [2.75, 3.05) is 41.3 Å². The number of hydrogen-bond donors (Lipinski definition) is 3. The zero-order chi connectivity index (χ0) is 29.6. The number of pyridine rings is 1. The fourth-order valence-electron chi connectivity index (χ4n) is 5.68. The lowest BCUT2D eigenvalue weighted by molar-refractivity contribution is -0.168. The number of nitrogens with one attached hydrogen (secondary N) is 2. The molecule has 42 heavy (non-hydrogen) atoms. The second kappa shape index (κ2) is 10.8. The maximum Gasteiger partial charge on any atom is 0.412 e. The van der Waals surface area contributed by atoms with Gasteiger partial charge in [-0.3, -0.25) is 10.6 Å². The number of rotatable bonds is 6. The van der Waals surface area contributed by atoms with E-state index in [1.54, 1.807) is 34.2 Å². The van der Waals surface area contributed by atoms with Gasteiger partial charge in [0.15, 0.2) is 17.2 Å². The average molecular weight is 608 g/mol. The van der Waals surface area contributed by atoms with E-state index in [9.17, 15) is 23.1 Å². The van der Waals surface area contributed by atoms with Gasteiger partial charge < -0.3 is 19.6 Å². The van der Waals surface area contributed by atoms with Crippen molar-refractivity contribution in [3.63, 3.8) is 0 Å². The van der Waals surface area contributed by atoms with E-state index in [-0.39, 0.29) is 49.6 Å². The second-order valence-electron chi connectivity index (χ2n) is 10.6. The summed E-state index contributed by atoms with van der Waals surface area (Å²) in [6, 6.07) is 7.95. The monoisotopic (exact) mass is 607 g/mol. The molecule has 2 fully saturated rings. The van der Waals surface area contributed by atoms with Crippen molar-refractivity contribution < 1.29 is 32.2 Å². The number of ether oxygens (including phenoxy) is 1. The molecule has 0 bridgehead atoms. The molecule has 3 aromatic rings. The van der Waals surface area contributed by atoms with Gasteiger partial charge in [-0.15, -0.1) is 5.10 Å². The van der Waals surface area contributed by atoms with Crippen LogP contribution in [0.4, 0.5) is 39.7 Å². The minimum absolute atomic E-state index is 0.0436. The summed E-state index contributed by atoms with van der Waals surface area (Å²) < 4.78 is 59.7. The number of benzene rings is 1. The Morgan fingerprint density at radius 3 is 2.76 bits per heavy atom. The highest BCUT2D eigenvalue weighted by Gasteiger charge is 2.50. The first-order chi connectivity index (χ1) is 20.0. The molecule has 15 heteroatoms. The Morgan fingerprint density at radius 2 is 2.02 bits per heavy atom. The number of carbonyl (C=O) groups excluding carboxylic acids is 1. The van der Waals surface area contributed by atoms with E-state index in [0.717, 1.165) is 5.56 Å². The molecular weight excluding hydrogens is 582 g/mol. The fourth-order valence-corrected chi connectivity index (χ4v) is 5.84. The number of hydrogen-bond acceptors (Lipinski definition) is 9. The van der Waals surface area contributed by atoms with Gasteiger partial charge >= 0.3 is 12.3 Å². The van der Waals surface area contributed by atoms with E-state index in [1.165, 1.54) is 18.3 Å². The molecular formula is C27H26ClF4N7O3. The Labute approximate surface area is 242 Å². The van der Waals surface area contributed by atoms with Gasteiger partial charge in [0.2, 0.25) is 0 Å². The van der Waals surface area contributed by atoms with E-state index in [4.69, 9.17) is 16.3 Å². The van der Waals surface area contributed by atoms with Crippen molar-refractivity contribution in [1.82, 2.24) is 20.5 Å². The Kier molecular flexibility index (Phi) is 7.31. The zero-order valence-corrected chi connectivity index (χ0v) is 22.8. The molecule has 0 radical (unpaired) electrons. The van der Waals surface area contributed by atoms with E-state index >= 15 is 4.39 Å². The lowest BCUT2D eigenvalue weighted by Gasteiger charge is -2.35. The summed E-state index contributed by atoms with van der Waals surface area (Å²) in [5.74, 6) is -1.14. The molecule has 2 saturated heterocycles. The summed E-state index contributed by atoms with van der Waals surface area (Å²) >= 11 is 6.03. The van der Waals surface area contributed by atoms with Crippen LogP contribution in [0.25, 0.3) is 0 Å². The number of amides is 1. The van der Waals surface area contributed by atoms with Gasteiger partial charge in [-0.2, -0.15) is 18.3 Å². The van der Waals surface area contributed by atoms with Gasteiger partial charge in [-0.1, -0.05) is 17.7 Å². The first-order valence-corrected chi connectivity index (χ1v) is 13.6.